The third kappa shape index (κ3) is 6.42. The summed E-state index contributed by atoms with van der Waals surface area (Å²) in [6.45, 7) is 2.54. The van der Waals surface area contributed by atoms with Gasteiger partial charge in [-0.15, -0.1) is 0 Å². The van der Waals surface area contributed by atoms with Crippen LogP contribution in [0.3, 0.4) is 0 Å². The van der Waals surface area contributed by atoms with E-state index in [4.69, 9.17) is 0 Å². The Morgan fingerprint density at radius 1 is 0.917 bits per heavy atom. The van der Waals surface area contributed by atoms with E-state index in [9.17, 15) is 23.1 Å². The fourth-order valence-corrected chi connectivity index (χ4v) is 4.81. The maximum absolute atomic E-state index is 12.9. The quantitative estimate of drug-likeness (QED) is 0.509. The molecule has 1 aliphatic heterocycles. The number of phenols is 1. The lowest BCUT2D eigenvalue weighted by Gasteiger charge is -2.36. The molecule has 3 aromatic rings. The second kappa shape index (κ2) is 10.8. The van der Waals surface area contributed by atoms with Crippen molar-refractivity contribution in [3.63, 3.8) is 0 Å². The van der Waals surface area contributed by atoms with E-state index in [0.29, 0.717) is 39.0 Å². The van der Waals surface area contributed by atoms with Crippen LogP contribution < -0.4 is 9.62 Å². The fourth-order valence-electron chi connectivity index (χ4n) is 4.36. The molecule has 0 bridgehead atoms. The summed E-state index contributed by atoms with van der Waals surface area (Å²) >= 11 is 0. The highest BCUT2D eigenvalue weighted by atomic mass is 32.2. The van der Waals surface area contributed by atoms with Gasteiger partial charge in [0.2, 0.25) is 15.9 Å². The van der Waals surface area contributed by atoms with Gasteiger partial charge in [0.1, 0.15) is 5.75 Å². The van der Waals surface area contributed by atoms with Crippen LogP contribution >= 0.6 is 0 Å². The van der Waals surface area contributed by atoms with Crippen LogP contribution in [-0.4, -0.2) is 62.7 Å². The molecular weight excluding hydrogens is 478 g/mol. The van der Waals surface area contributed by atoms with Crippen molar-refractivity contribution >= 4 is 27.5 Å². The average molecular weight is 508 g/mol. The zero-order valence-corrected chi connectivity index (χ0v) is 20.9. The van der Waals surface area contributed by atoms with E-state index < -0.39 is 15.9 Å². The molecule has 0 spiro atoms. The molecule has 0 aromatic heterocycles. The number of sulfonamides is 1. The van der Waals surface area contributed by atoms with Crippen LogP contribution in [0.1, 0.15) is 22.3 Å². The molecule has 0 radical (unpaired) electrons. The number of aryl methyl sites for hydroxylation is 1. The average Bonchev–Trinajstić information content (AvgIpc) is 2.86. The van der Waals surface area contributed by atoms with Crippen molar-refractivity contribution in [3.8, 4) is 16.9 Å². The molecule has 0 saturated carbocycles. The summed E-state index contributed by atoms with van der Waals surface area (Å²) in [6, 6.07) is 21.8. The normalized spacial score (nSPS) is 13.9. The summed E-state index contributed by atoms with van der Waals surface area (Å²) in [7, 11) is -3.61. The number of rotatable bonds is 7. The van der Waals surface area contributed by atoms with Gasteiger partial charge in [0.25, 0.3) is 5.91 Å². The van der Waals surface area contributed by atoms with E-state index in [-0.39, 0.29) is 17.2 Å². The van der Waals surface area contributed by atoms with Crippen molar-refractivity contribution < 1.29 is 23.1 Å². The zero-order chi connectivity index (χ0) is 25.7. The molecule has 8 nitrogen and oxygen atoms in total. The van der Waals surface area contributed by atoms with Gasteiger partial charge in [0.05, 0.1) is 6.26 Å². The van der Waals surface area contributed by atoms with Crippen molar-refractivity contribution in [2.45, 2.75) is 12.8 Å². The number of carbonyl (C=O) groups is 2. The summed E-state index contributed by atoms with van der Waals surface area (Å²) in [5.41, 5.74) is 4.18. The molecule has 1 saturated heterocycles. The Kier molecular flexibility index (Phi) is 7.59. The minimum absolute atomic E-state index is 0.105. The van der Waals surface area contributed by atoms with Gasteiger partial charge in [-0.2, -0.15) is 0 Å². The maximum Gasteiger partial charge on any atom is 0.264 e. The van der Waals surface area contributed by atoms with E-state index >= 15 is 0 Å². The summed E-state index contributed by atoms with van der Waals surface area (Å²) in [5, 5.41) is 9.83. The van der Waals surface area contributed by atoms with Crippen LogP contribution in [0.2, 0.25) is 0 Å². The highest BCUT2D eigenvalue weighted by Crippen LogP contribution is 2.27. The van der Waals surface area contributed by atoms with Gasteiger partial charge in [-0.05, 0) is 59.5 Å². The lowest BCUT2D eigenvalue weighted by atomic mass is 9.96. The smallest absolute Gasteiger partial charge is 0.264 e. The molecule has 188 valence electrons. The SMILES string of the molecule is CS(=O)(=O)NC(=O)c1ccc(N2CCN(C(=O)CCc3ccccc3-c3cccc(O)c3)CC2)cc1. The first-order valence-corrected chi connectivity index (χ1v) is 13.6. The lowest BCUT2D eigenvalue weighted by molar-refractivity contribution is -0.131. The largest absolute Gasteiger partial charge is 0.508 e. The number of nitrogens with zero attached hydrogens (tertiary/aromatic N) is 2. The van der Waals surface area contributed by atoms with Crippen molar-refractivity contribution in [3.05, 3.63) is 83.9 Å². The molecule has 4 rings (SSSR count). The third-order valence-corrected chi connectivity index (χ3v) is 6.74. The van der Waals surface area contributed by atoms with Crippen molar-refractivity contribution in [1.82, 2.24) is 9.62 Å². The van der Waals surface area contributed by atoms with Gasteiger partial charge in [-0.3, -0.25) is 9.59 Å². The van der Waals surface area contributed by atoms with Crippen LogP contribution in [0.25, 0.3) is 11.1 Å². The molecule has 1 fully saturated rings. The van der Waals surface area contributed by atoms with E-state index in [1.165, 1.54) is 0 Å². The predicted molar refractivity (Wildman–Crippen MR) is 139 cm³/mol. The Morgan fingerprint density at radius 3 is 2.28 bits per heavy atom. The number of nitrogens with one attached hydrogen (secondary N) is 1. The van der Waals surface area contributed by atoms with Crippen LogP contribution in [0.4, 0.5) is 5.69 Å². The first-order valence-electron chi connectivity index (χ1n) is 11.7. The van der Waals surface area contributed by atoms with Crippen molar-refractivity contribution in [2.24, 2.45) is 0 Å². The Morgan fingerprint density at radius 2 is 1.61 bits per heavy atom. The maximum atomic E-state index is 12.9. The minimum Gasteiger partial charge on any atom is -0.508 e. The molecule has 9 heteroatoms. The standard InChI is InChI=1S/C27H29N3O5S/c1-36(34,35)28-27(33)21-9-12-23(13-10-21)29-15-17-30(18-16-29)26(32)14-11-20-5-2-3-8-25(20)22-6-4-7-24(31)19-22/h2-10,12-13,19,31H,11,14-18H2,1H3,(H,28,33). The van der Waals surface area contributed by atoms with Gasteiger partial charge in [0, 0.05) is 43.9 Å². The number of phenolic OH excluding ortho intramolecular Hbond substituents is 1. The van der Waals surface area contributed by atoms with Crippen LogP contribution in [-0.2, 0) is 21.2 Å². The Balaban J connectivity index is 1.31. The summed E-state index contributed by atoms with van der Waals surface area (Å²) < 4.78 is 24.5. The second-order valence-corrected chi connectivity index (χ2v) is 10.6. The summed E-state index contributed by atoms with van der Waals surface area (Å²) in [6.07, 6.45) is 1.95. The Bertz CT molecular complexity index is 1350. The predicted octanol–water partition coefficient (Wildman–Crippen LogP) is 3.03. The highest BCUT2D eigenvalue weighted by molar-refractivity contribution is 7.89. The first-order chi connectivity index (χ1) is 17.2. The molecule has 1 aliphatic rings. The third-order valence-electron chi connectivity index (χ3n) is 6.19. The molecule has 0 unspecified atom stereocenters. The first kappa shape index (κ1) is 25.2. The molecule has 2 N–H and O–H groups in total. The monoisotopic (exact) mass is 507 g/mol. The van der Waals surface area contributed by atoms with E-state index in [1.807, 2.05) is 46.0 Å². The molecule has 0 atom stereocenters. The second-order valence-electron chi connectivity index (χ2n) is 8.83. The van der Waals surface area contributed by atoms with E-state index in [0.717, 1.165) is 28.6 Å². The van der Waals surface area contributed by atoms with Gasteiger partial charge in [0.15, 0.2) is 0 Å². The van der Waals surface area contributed by atoms with Gasteiger partial charge in [-0.1, -0.05) is 36.4 Å². The number of anilines is 1. The van der Waals surface area contributed by atoms with Gasteiger partial charge < -0.3 is 14.9 Å². The Hall–Kier alpha value is -3.85. The summed E-state index contributed by atoms with van der Waals surface area (Å²) in [4.78, 5) is 28.9. The van der Waals surface area contributed by atoms with Crippen molar-refractivity contribution in [1.29, 1.82) is 0 Å². The zero-order valence-electron chi connectivity index (χ0n) is 20.1. The molecule has 36 heavy (non-hydrogen) atoms. The van der Waals surface area contributed by atoms with Crippen LogP contribution in [0, 0.1) is 0 Å². The molecule has 3 aromatic carbocycles. The van der Waals surface area contributed by atoms with E-state index in [1.54, 1.807) is 36.4 Å². The number of amides is 2. The number of hydrogen-bond acceptors (Lipinski definition) is 6. The van der Waals surface area contributed by atoms with E-state index in [2.05, 4.69) is 4.90 Å². The molecule has 0 aliphatic carbocycles. The van der Waals surface area contributed by atoms with Crippen molar-refractivity contribution in [2.75, 3.05) is 37.3 Å². The number of hydrogen-bond donors (Lipinski definition) is 2. The number of carbonyl (C=O) groups excluding carboxylic acids is 2. The number of aromatic hydroxyl groups is 1. The van der Waals surface area contributed by atoms with Crippen LogP contribution in [0.5, 0.6) is 5.75 Å². The van der Waals surface area contributed by atoms with Gasteiger partial charge >= 0.3 is 0 Å². The lowest BCUT2D eigenvalue weighted by Crippen LogP contribution is -2.48. The highest BCUT2D eigenvalue weighted by Gasteiger charge is 2.22. The minimum atomic E-state index is -3.61. The summed E-state index contributed by atoms with van der Waals surface area (Å²) in [5.74, 6) is -0.346. The molecular formula is C27H29N3O5S. The number of benzene rings is 3. The molecule has 1 heterocycles. The topological polar surface area (TPSA) is 107 Å². The van der Waals surface area contributed by atoms with Gasteiger partial charge in [-0.25, -0.2) is 13.1 Å². The number of piperazine rings is 1. The Labute approximate surface area is 211 Å². The molecule has 2 amide bonds. The van der Waals surface area contributed by atoms with Crippen LogP contribution in [0.15, 0.2) is 72.8 Å². The fraction of sp³-hybridized carbons (Fsp3) is 0.259.